The first-order chi connectivity index (χ1) is 49.5. The monoisotopic (exact) mass is 1410 g/mol. The van der Waals surface area contributed by atoms with Gasteiger partial charge in [0.25, 0.3) is 0 Å². The van der Waals surface area contributed by atoms with Gasteiger partial charge >= 0.3 is 31.3 Å². The molecule has 4 aromatic heterocycles. The molecule has 24 heteroatoms. The number of benzene rings is 7. The molecule has 4 aliphatic heterocycles. The molecular formula is C79H78F4N8O12. The largest absolute Gasteiger partial charge is 0.468 e. The second kappa shape index (κ2) is 30.5. The van der Waals surface area contributed by atoms with Crippen LogP contribution in [0.2, 0.25) is 0 Å². The van der Waals surface area contributed by atoms with Crippen LogP contribution in [-0.4, -0.2) is 118 Å². The van der Waals surface area contributed by atoms with Crippen molar-refractivity contribution in [3.63, 3.8) is 0 Å². The average Bonchev–Trinajstić information content (AvgIpc) is 1.69. The van der Waals surface area contributed by atoms with E-state index in [9.17, 15) is 31.9 Å². The SMILES string of the molecule is C.COC(=O)[C@@H]1CCCN1Cc1cc2nc(-c3cccc(-c4cccc(-c5nc6c(o5)CCN(C(=O)OCc5ccccc5)C6)c4C)c3C)oc2cc1OC(F)F.COC(=O)[C@@H]1CCCN1Cc1cc2nc(-c3cccc(-c4cccc(-c5nc6c(o5)CCNC6)c4C)c3C)oc2cc1OC(F)F. The van der Waals surface area contributed by atoms with Crippen molar-refractivity contribution in [2.75, 3.05) is 40.4 Å². The van der Waals surface area contributed by atoms with E-state index in [0.717, 1.165) is 115 Å². The van der Waals surface area contributed by atoms with Crippen molar-refractivity contribution in [3.8, 4) is 79.6 Å². The summed E-state index contributed by atoms with van der Waals surface area (Å²) < 4.78 is 104. The first-order valence-electron chi connectivity index (χ1n) is 33.9. The van der Waals surface area contributed by atoms with Crippen LogP contribution in [0.4, 0.5) is 22.4 Å². The molecule has 0 unspecified atom stereocenters. The van der Waals surface area contributed by atoms with Crippen molar-refractivity contribution in [3.05, 3.63) is 189 Å². The number of nitrogens with one attached hydrogen (secondary N) is 1. The highest BCUT2D eigenvalue weighted by Crippen LogP contribution is 2.43. The molecule has 4 aliphatic rings. The van der Waals surface area contributed by atoms with E-state index in [1.165, 1.54) is 26.4 Å². The van der Waals surface area contributed by atoms with Gasteiger partial charge < -0.3 is 51.6 Å². The molecule has 7 aromatic carbocycles. The molecule has 1 N–H and O–H groups in total. The Morgan fingerprint density at radius 3 is 1.39 bits per heavy atom. The van der Waals surface area contributed by atoms with Gasteiger partial charge in [-0.1, -0.05) is 86.3 Å². The highest BCUT2D eigenvalue weighted by Gasteiger charge is 2.35. The Kier molecular flexibility index (Phi) is 20.9. The molecule has 1 amide bonds. The quantitative estimate of drug-likeness (QED) is 0.0479. The van der Waals surface area contributed by atoms with E-state index in [1.54, 1.807) is 17.0 Å². The number of esters is 2. The number of halogens is 4. The highest BCUT2D eigenvalue weighted by atomic mass is 19.3. The summed E-state index contributed by atoms with van der Waals surface area (Å²) >= 11 is 0. The van der Waals surface area contributed by atoms with Crippen LogP contribution in [0.5, 0.6) is 11.5 Å². The molecule has 2 saturated heterocycles. The van der Waals surface area contributed by atoms with Crippen molar-refractivity contribution < 1.29 is 73.3 Å². The van der Waals surface area contributed by atoms with Gasteiger partial charge in [-0.15, -0.1) is 0 Å². The van der Waals surface area contributed by atoms with Crippen LogP contribution in [0.3, 0.4) is 0 Å². The number of hydrogen-bond donors (Lipinski definition) is 1. The number of ether oxygens (including phenoxy) is 5. The molecule has 2 fully saturated rings. The van der Waals surface area contributed by atoms with Gasteiger partial charge in [0.15, 0.2) is 11.2 Å². The maximum absolute atomic E-state index is 13.6. The number of rotatable bonds is 18. The number of nitrogens with zero attached hydrogens (tertiary/aromatic N) is 7. The zero-order chi connectivity index (χ0) is 70.9. The topological polar surface area (TPSA) is 223 Å². The number of carbonyl (C=O) groups is 3. The molecule has 20 nitrogen and oxygen atoms in total. The summed E-state index contributed by atoms with van der Waals surface area (Å²) in [5.74, 6) is 2.73. The minimum atomic E-state index is -3.05. The predicted molar refractivity (Wildman–Crippen MR) is 377 cm³/mol. The predicted octanol–water partition coefficient (Wildman–Crippen LogP) is 16.3. The second-order valence-corrected chi connectivity index (χ2v) is 25.8. The molecule has 11 aromatic rings. The van der Waals surface area contributed by atoms with Gasteiger partial charge in [0, 0.05) is 91.1 Å². The minimum absolute atomic E-state index is 0. The van der Waals surface area contributed by atoms with Crippen molar-refractivity contribution in [1.82, 2.24) is 40.0 Å². The summed E-state index contributed by atoms with van der Waals surface area (Å²) in [6, 6.07) is 38.8. The molecule has 0 aliphatic carbocycles. The van der Waals surface area contributed by atoms with Crippen molar-refractivity contribution in [2.24, 2.45) is 0 Å². The minimum Gasteiger partial charge on any atom is -0.468 e. The number of hydrogen-bond acceptors (Lipinski definition) is 19. The maximum atomic E-state index is 13.6. The summed E-state index contributed by atoms with van der Waals surface area (Å²) in [6.45, 7) is 6.22. The van der Waals surface area contributed by atoms with Gasteiger partial charge in [0.05, 0.1) is 26.5 Å². The summed E-state index contributed by atoms with van der Waals surface area (Å²) in [4.78, 5) is 62.2. The first-order valence-corrected chi connectivity index (χ1v) is 33.9. The van der Waals surface area contributed by atoms with Crippen molar-refractivity contribution in [1.29, 1.82) is 0 Å². The van der Waals surface area contributed by atoms with Crippen LogP contribution in [0, 0.1) is 27.7 Å². The lowest BCUT2D eigenvalue weighted by Crippen LogP contribution is -2.36. The Hall–Kier alpha value is -10.7. The van der Waals surface area contributed by atoms with Gasteiger partial charge in [-0.05, 0) is 153 Å². The summed E-state index contributed by atoms with van der Waals surface area (Å²) in [7, 11) is 2.69. The van der Waals surface area contributed by atoms with E-state index < -0.39 is 31.4 Å². The lowest BCUT2D eigenvalue weighted by Gasteiger charge is -2.24. The Morgan fingerprint density at radius 2 is 0.951 bits per heavy atom. The van der Waals surface area contributed by atoms with Gasteiger partial charge in [-0.25, -0.2) is 24.7 Å². The zero-order valence-electron chi connectivity index (χ0n) is 57.1. The van der Waals surface area contributed by atoms with Crippen LogP contribution in [-0.2, 0) is 69.4 Å². The molecule has 0 saturated carbocycles. The Morgan fingerprint density at radius 1 is 0.524 bits per heavy atom. The van der Waals surface area contributed by atoms with E-state index in [4.69, 9.17) is 61.3 Å². The van der Waals surface area contributed by atoms with E-state index in [-0.39, 0.29) is 50.6 Å². The van der Waals surface area contributed by atoms with E-state index in [2.05, 4.69) is 24.4 Å². The smallest absolute Gasteiger partial charge is 0.410 e. The van der Waals surface area contributed by atoms with Crippen LogP contribution in [0.1, 0.15) is 95.0 Å². The van der Waals surface area contributed by atoms with E-state index >= 15 is 0 Å². The van der Waals surface area contributed by atoms with Gasteiger partial charge in [-0.3, -0.25) is 19.4 Å². The number of likely N-dealkylation sites (tertiary alicyclic amines) is 2. The number of methoxy groups -OCH3 is 2. The number of oxazole rings is 4. The Labute approximate surface area is 591 Å². The van der Waals surface area contributed by atoms with Gasteiger partial charge in [0.1, 0.15) is 58.4 Å². The molecule has 0 bridgehead atoms. The van der Waals surface area contributed by atoms with E-state index in [1.807, 2.05) is 122 Å². The number of alkyl halides is 4. The highest BCUT2D eigenvalue weighted by molar-refractivity contribution is 5.86. The number of carbonyl (C=O) groups excluding carboxylic acids is 3. The summed E-state index contributed by atoms with van der Waals surface area (Å²) in [6.07, 6.45) is 3.80. The van der Waals surface area contributed by atoms with Crippen LogP contribution < -0.4 is 14.8 Å². The third-order valence-corrected chi connectivity index (χ3v) is 19.6. The summed E-state index contributed by atoms with van der Waals surface area (Å²) in [5, 5.41) is 3.34. The molecule has 8 heterocycles. The normalized spacial score (nSPS) is 16.0. The molecule has 2 atom stereocenters. The van der Waals surface area contributed by atoms with Crippen LogP contribution >= 0.6 is 0 Å². The lowest BCUT2D eigenvalue weighted by atomic mass is 9.91. The number of amides is 1. The lowest BCUT2D eigenvalue weighted by molar-refractivity contribution is -0.146. The number of fused-ring (bicyclic) bond motifs is 4. The third kappa shape index (κ3) is 14.7. The van der Waals surface area contributed by atoms with E-state index in [0.29, 0.717) is 115 Å². The molecule has 0 radical (unpaired) electrons. The van der Waals surface area contributed by atoms with Crippen LogP contribution in [0.15, 0.2) is 145 Å². The third-order valence-electron chi connectivity index (χ3n) is 19.6. The van der Waals surface area contributed by atoms with Gasteiger partial charge in [0.2, 0.25) is 23.6 Å². The Balaban J connectivity index is 0.000000185. The van der Waals surface area contributed by atoms with Gasteiger partial charge in [-0.2, -0.15) is 17.6 Å². The fourth-order valence-electron chi connectivity index (χ4n) is 14.3. The molecule has 534 valence electrons. The Bertz CT molecular complexity index is 4930. The fraction of sp³-hybridized carbons (Fsp3) is 0.329. The molecule has 103 heavy (non-hydrogen) atoms. The maximum Gasteiger partial charge on any atom is 0.410 e. The van der Waals surface area contributed by atoms with Crippen molar-refractivity contribution in [2.45, 2.75) is 132 Å². The van der Waals surface area contributed by atoms with Crippen molar-refractivity contribution >= 4 is 40.2 Å². The molecule has 0 spiro atoms. The summed E-state index contributed by atoms with van der Waals surface area (Å²) in [5.41, 5.74) is 16.2. The number of aromatic nitrogens is 4. The molecule has 15 rings (SSSR count). The zero-order valence-corrected chi connectivity index (χ0v) is 57.1. The average molecular weight is 1410 g/mol. The standard InChI is InChI=1S/C43H40F2N4O7.C35H34F2N4O5.CH4/c1-25-29(30-13-8-15-32(26(30)2)40-47-34-23-49(19-17-36(34)54-40)43(51)53-24-27-10-5-4-6-11-27)12-7-14-31(25)39-46-33-20-28(37(56-42(44)45)21-38(33)55-39)22-48-18-9-16-35(48)41(50)52-3;1-19-22(23-8-5-10-25(20(23)2)33-40-27-17-38-13-12-29(27)44-33)7-4-9-24(19)32-39-26-15-21(30(46-35(36)37)16-31(26)45-32)18-41-14-6-11-28(41)34(42)43-3;/h4-8,10-15,20-21,35,42H,9,16-19,22-24H2,1-3H3;4-5,7-10,15-16,28,35,38H,6,11-14,17-18H2,1-3H3;1H4/t35-;28-;/m00./s1. The first kappa shape index (κ1) is 70.7. The molecular weight excluding hydrogens is 1330 g/mol. The van der Waals surface area contributed by atoms with Crippen LogP contribution in [0.25, 0.3) is 90.3 Å². The fourth-order valence-corrected chi connectivity index (χ4v) is 14.3. The second-order valence-electron chi connectivity index (χ2n) is 25.8.